The molecule has 0 saturated carbocycles. The van der Waals surface area contributed by atoms with Crippen LogP contribution in [0, 0.1) is 0 Å². The van der Waals surface area contributed by atoms with Gasteiger partial charge in [0.15, 0.2) is 5.65 Å². The molecule has 0 radical (unpaired) electrons. The number of piperazine rings is 1. The fraction of sp³-hybridized carbons (Fsp3) is 0.478. The van der Waals surface area contributed by atoms with Crippen LogP contribution in [-0.2, 0) is 11.3 Å². The van der Waals surface area contributed by atoms with Gasteiger partial charge in [-0.15, -0.1) is 0 Å². The Balaban J connectivity index is 1.55. The largest absolute Gasteiger partial charge is 0.392 e. The van der Waals surface area contributed by atoms with Crippen molar-refractivity contribution in [3.63, 3.8) is 0 Å². The van der Waals surface area contributed by atoms with Crippen LogP contribution in [0.3, 0.4) is 0 Å². The number of hydrogen-bond acceptors (Lipinski definition) is 9. The van der Waals surface area contributed by atoms with Crippen LogP contribution >= 0.6 is 0 Å². The molecule has 1 N–H and O–H groups in total. The number of nitrogens with zero attached hydrogens (tertiary/aromatic N) is 7. The second kappa shape index (κ2) is 9.52. The minimum atomic E-state index is -0.101. The average Bonchev–Trinajstić information content (AvgIpc) is 3.30. The van der Waals surface area contributed by atoms with E-state index < -0.39 is 0 Å². The molecule has 2 aliphatic rings. The van der Waals surface area contributed by atoms with Crippen molar-refractivity contribution in [3.8, 4) is 11.3 Å². The van der Waals surface area contributed by atoms with Gasteiger partial charge in [0.25, 0.3) is 5.91 Å². The summed E-state index contributed by atoms with van der Waals surface area (Å²) in [5, 5.41) is 14.7. The van der Waals surface area contributed by atoms with Gasteiger partial charge in [0, 0.05) is 44.8 Å². The monoisotopic (exact) mass is 451 g/mol. The highest BCUT2D eigenvalue weighted by atomic mass is 16.5. The molecular formula is C23H29N7O3. The standard InChI is InChI=1S/C23H29N7O3/c1-27-5-7-28(8-6-27)15-20(32)30-22-19(14-24-30)21(18-4-2-3-17(13-18)16-31)25-23(26-22)29-9-11-33-12-10-29/h2-4,13-14,31H,5-12,15-16H2,1H3. The van der Waals surface area contributed by atoms with Crippen LogP contribution < -0.4 is 4.90 Å². The number of fused-ring (bicyclic) bond motifs is 1. The Labute approximate surface area is 192 Å². The van der Waals surface area contributed by atoms with Gasteiger partial charge in [-0.2, -0.15) is 14.8 Å². The molecule has 2 saturated heterocycles. The summed E-state index contributed by atoms with van der Waals surface area (Å²) < 4.78 is 6.90. The van der Waals surface area contributed by atoms with Crippen LogP contribution in [0.4, 0.5) is 5.95 Å². The Morgan fingerprint density at radius 2 is 1.88 bits per heavy atom. The van der Waals surface area contributed by atoms with Crippen LogP contribution in [-0.4, -0.2) is 107 Å². The summed E-state index contributed by atoms with van der Waals surface area (Å²) in [6.45, 7) is 6.44. The highest BCUT2D eigenvalue weighted by molar-refractivity contribution is 5.96. The zero-order valence-electron chi connectivity index (χ0n) is 18.9. The molecule has 0 amide bonds. The SMILES string of the molecule is CN1CCN(CC(=O)n2ncc3c(-c4cccc(CO)c4)nc(N4CCOCC4)nc32)CC1. The summed E-state index contributed by atoms with van der Waals surface area (Å²) in [6.07, 6.45) is 1.67. The topological polar surface area (TPSA) is 99.9 Å². The van der Waals surface area contributed by atoms with Crippen molar-refractivity contribution in [2.24, 2.45) is 0 Å². The van der Waals surface area contributed by atoms with Gasteiger partial charge >= 0.3 is 0 Å². The number of aliphatic hydroxyl groups is 1. The van der Waals surface area contributed by atoms with E-state index in [2.05, 4.69) is 26.8 Å². The molecule has 10 heteroatoms. The average molecular weight is 452 g/mol. The van der Waals surface area contributed by atoms with Crippen LogP contribution in [0.2, 0.25) is 0 Å². The molecule has 4 heterocycles. The second-order valence-electron chi connectivity index (χ2n) is 8.60. The van der Waals surface area contributed by atoms with Crippen LogP contribution in [0.15, 0.2) is 30.5 Å². The number of likely N-dealkylation sites (N-methyl/N-ethyl adjacent to an activating group) is 1. The number of ether oxygens (including phenoxy) is 1. The first kappa shape index (κ1) is 21.9. The van der Waals surface area contributed by atoms with E-state index in [1.54, 1.807) is 6.20 Å². The van der Waals surface area contributed by atoms with Gasteiger partial charge in [-0.25, -0.2) is 4.98 Å². The van der Waals surface area contributed by atoms with Crippen molar-refractivity contribution in [3.05, 3.63) is 36.0 Å². The van der Waals surface area contributed by atoms with Gasteiger partial charge in [0.2, 0.25) is 5.95 Å². The van der Waals surface area contributed by atoms with Gasteiger partial charge < -0.3 is 19.6 Å². The summed E-state index contributed by atoms with van der Waals surface area (Å²) in [5.74, 6) is 0.459. The summed E-state index contributed by atoms with van der Waals surface area (Å²) in [6, 6.07) is 7.63. The van der Waals surface area contributed by atoms with Crippen molar-refractivity contribution in [1.29, 1.82) is 0 Å². The lowest BCUT2D eigenvalue weighted by Crippen LogP contribution is -2.47. The third-order valence-corrected chi connectivity index (χ3v) is 6.28. The number of carbonyl (C=O) groups is 1. The first-order chi connectivity index (χ1) is 16.1. The Kier molecular flexibility index (Phi) is 6.32. The number of benzene rings is 1. The van der Waals surface area contributed by atoms with Crippen LogP contribution in [0.1, 0.15) is 10.4 Å². The molecule has 0 atom stereocenters. The Morgan fingerprint density at radius 1 is 1.09 bits per heavy atom. The maximum absolute atomic E-state index is 13.2. The molecule has 0 unspecified atom stereocenters. The lowest BCUT2D eigenvalue weighted by Gasteiger charge is -2.31. The molecular weight excluding hydrogens is 422 g/mol. The molecule has 2 fully saturated rings. The number of rotatable bonds is 5. The number of hydrogen-bond donors (Lipinski definition) is 1. The van der Waals surface area contributed by atoms with Gasteiger partial charge in [0.1, 0.15) is 0 Å². The lowest BCUT2D eigenvalue weighted by atomic mass is 10.1. The van der Waals surface area contributed by atoms with Gasteiger partial charge in [-0.05, 0) is 18.7 Å². The molecule has 3 aromatic rings. The van der Waals surface area contributed by atoms with E-state index in [0.717, 1.165) is 37.3 Å². The summed E-state index contributed by atoms with van der Waals surface area (Å²) >= 11 is 0. The van der Waals surface area contributed by atoms with E-state index in [1.807, 2.05) is 24.3 Å². The number of morpholine rings is 1. The smallest absolute Gasteiger partial charge is 0.263 e. The number of anilines is 1. The van der Waals surface area contributed by atoms with Crippen LogP contribution in [0.25, 0.3) is 22.3 Å². The van der Waals surface area contributed by atoms with Crippen molar-refractivity contribution < 1.29 is 14.6 Å². The molecule has 5 rings (SSSR count). The minimum Gasteiger partial charge on any atom is -0.392 e. The third-order valence-electron chi connectivity index (χ3n) is 6.28. The van der Waals surface area contributed by atoms with Crippen molar-refractivity contribution >= 4 is 22.9 Å². The fourth-order valence-corrected chi connectivity index (χ4v) is 4.29. The maximum Gasteiger partial charge on any atom is 0.263 e. The molecule has 10 nitrogen and oxygen atoms in total. The van der Waals surface area contributed by atoms with Crippen molar-refractivity contribution in [2.45, 2.75) is 6.61 Å². The molecule has 1 aromatic carbocycles. The number of carbonyl (C=O) groups excluding carboxylic acids is 1. The number of aliphatic hydroxyl groups excluding tert-OH is 1. The zero-order chi connectivity index (χ0) is 22.8. The highest BCUT2D eigenvalue weighted by Crippen LogP contribution is 2.29. The Bertz CT molecular complexity index is 1130. The maximum atomic E-state index is 13.2. The predicted molar refractivity (Wildman–Crippen MR) is 124 cm³/mol. The zero-order valence-corrected chi connectivity index (χ0v) is 18.9. The highest BCUT2D eigenvalue weighted by Gasteiger charge is 2.24. The molecule has 2 aliphatic heterocycles. The second-order valence-corrected chi connectivity index (χ2v) is 8.60. The van der Waals surface area contributed by atoms with E-state index in [1.165, 1.54) is 4.68 Å². The molecule has 2 aromatic heterocycles. The van der Waals surface area contributed by atoms with E-state index in [9.17, 15) is 9.90 Å². The normalized spacial score (nSPS) is 18.2. The minimum absolute atomic E-state index is 0.0544. The van der Waals surface area contributed by atoms with E-state index >= 15 is 0 Å². The summed E-state index contributed by atoms with van der Waals surface area (Å²) in [4.78, 5) is 29.4. The Morgan fingerprint density at radius 3 is 2.64 bits per heavy atom. The molecule has 174 valence electrons. The first-order valence-electron chi connectivity index (χ1n) is 11.3. The molecule has 0 bridgehead atoms. The van der Waals surface area contributed by atoms with Gasteiger partial charge in [-0.3, -0.25) is 9.69 Å². The summed E-state index contributed by atoms with van der Waals surface area (Å²) in [5.41, 5.74) is 2.87. The predicted octanol–water partition coefficient (Wildman–Crippen LogP) is 0.710. The van der Waals surface area contributed by atoms with E-state index in [-0.39, 0.29) is 12.5 Å². The quantitative estimate of drug-likeness (QED) is 0.601. The van der Waals surface area contributed by atoms with E-state index in [0.29, 0.717) is 55.5 Å². The molecule has 0 spiro atoms. The first-order valence-corrected chi connectivity index (χ1v) is 11.3. The van der Waals surface area contributed by atoms with Crippen molar-refractivity contribution in [2.75, 3.05) is 71.0 Å². The third kappa shape index (κ3) is 4.60. The van der Waals surface area contributed by atoms with Crippen LogP contribution in [0.5, 0.6) is 0 Å². The van der Waals surface area contributed by atoms with Gasteiger partial charge in [0.05, 0.1) is 43.6 Å². The van der Waals surface area contributed by atoms with E-state index in [4.69, 9.17) is 14.7 Å². The summed E-state index contributed by atoms with van der Waals surface area (Å²) in [7, 11) is 2.09. The van der Waals surface area contributed by atoms with Gasteiger partial charge in [-0.1, -0.05) is 18.2 Å². The lowest BCUT2D eigenvalue weighted by molar-refractivity contribution is 0.0785. The molecule has 0 aliphatic carbocycles. The van der Waals surface area contributed by atoms with Crippen molar-refractivity contribution in [1.82, 2.24) is 29.5 Å². The fourth-order valence-electron chi connectivity index (χ4n) is 4.29. The number of aromatic nitrogens is 4. The molecule has 33 heavy (non-hydrogen) atoms. The Hall–Kier alpha value is -2.92.